The first-order chi connectivity index (χ1) is 21.4. The minimum atomic E-state index is -3.53. The highest BCUT2D eigenvalue weighted by Gasteiger charge is 2.28. The van der Waals surface area contributed by atoms with Crippen LogP contribution in [0.2, 0.25) is 0 Å². The van der Waals surface area contributed by atoms with E-state index in [0.717, 1.165) is 11.1 Å². The Labute approximate surface area is 267 Å². The minimum Gasteiger partial charge on any atom is -0.497 e. The third-order valence-electron chi connectivity index (χ3n) is 7.24. The second kappa shape index (κ2) is 16.8. The first-order valence-corrected chi connectivity index (χ1v) is 16.7. The minimum absolute atomic E-state index is 0.0113. The lowest BCUT2D eigenvalue weighted by Gasteiger charge is -2.31. The van der Waals surface area contributed by atoms with Crippen molar-refractivity contribution in [3.63, 3.8) is 0 Å². The van der Waals surface area contributed by atoms with E-state index < -0.39 is 34.2 Å². The number of rotatable bonds is 16. The topological polar surface area (TPSA) is 125 Å². The van der Waals surface area contributed by atoms with E-state index in [9.17, 15) is 23.1 Å². The molecule has 2 atom stereocenters. The number of ether oxygens (including phenoxy) is 2. The van der Waals surface area contributed by atoms with Crippen LogP contribution in [-0.4, -0.2) is 69.0 Å². The lowest BCUT2D eigenvalue weighted by atomic mass is 9.98. The van der Waals surface area contributed by atoms with Gasteiger partial charge in [-0.3, -0.25) is 9.10 Å². The van der Waals surface area contributed by atoms with Crippen LogP contribution >= 0.6 is 0 Å². The number of benzene rings is 3. The largest absolute Gasteiger partial charge is 0.497 e. The molecule has 0 spiro atoms. The fraction of sp³-hybridized carbons (Fsp3) is 0.412. The van der Waals surface area contributed by atoms with Gasteiger partial charge in [0.1, 0.15) is 12.4 Å². The van der Waals surface area contributed by atoms with Gasteiger partial charge < -0.3 is 24.8 Å². The number of nitrogens with zero attached hydrogens (tertiary/aromatic N) is 2. The lowest BCUT2D eigenvalue weighted by molar-refractivity contribution is 0.0465. The van der Waals surface area contributed by atoms with E-state index in [4.69, 9.17) is 9.47 Å². The Morgan fingerprint density at radius 3 is 2.31 bits per heavy atom. The molecule has 244 valence electrons. The second-order valence-corrected chi connectivity index (χ2v) is 13.5. The molecule has 0 fully saturated rings. The third-order valence-corrected chi connectivity index (χ3v) is 9.21. The predicted octanol–water partition coefficient (Wildman–Crippen LogP) is 5.22. The van der Waals surface area contributed by atoms with Crippen molar-refractivity contribution in [2.45, 2.75) is 58.9 Å². The highest BCUT2D eigenvalue weighted by molar-refractivity contribution is 7.92. The van der Waals surface area contributed by atoms with Gasteiger partial charge in [-0.25, -0.2) is 13.2 Å². The van der Waals surface area contributed by atoms with Crippen LogP contribution in [0.25, 0.3) is 0 Å². The third kappa shape index (κ3) is 10.8. The number of hydrogen-bond acceptors (Lipinski definition) is 7. The molecular weight excluding hydrogens is 594 g/mol. The number of nitrogens with one attached hydrogen (secondary N) is 1. The van der Waals surface area contributed by atoms with Crippen LogP contribution < -0.4 is 14.4 Å². The van der Waals surface area contributed by atoms with Gasteiger partial charge in [-0.15, -0.1) is 0 Å². The van der Waals surface area contributed by atoms with Gasteiger partial charge in [0.05, 0.1) is 37.2 Å². The molecule has 3 aromatic carbocycles. The van der Waals surface area contributed by atoms with Crippen molar-refractivity contribution < 1.29 is 32.6 Å². The van der Waals surface area contributed by atoms with Gasteiger partial charge in [0.25, 0.3) is 5.91 Å². The number of hydrogen-bond donors (Lipinski definition) is 2. The summed E-state index contributed by atoms with van der Waals surface area (Å²) in [6.45, 7) is 5.83. The lowest BCUT2D eigenvalue weighted by Crippen LogP contribution is -2.50. The summed E-state index contributed by atoms with van der Waals surface area (Å²) in [5.74, 6) is 0.265. The summed E-state index contributed by atoms with van der Waals surface area (Å²) in [5.41, 5.74) is 2.22. The van der Waals surface area contributed by atoms with Crippen molar-refractivity contribution >= 4 is 27.7 Å². The van der Waals surface area contributed by atoms with Gasteiger partial charge in [-0.05, 0) is 60.2 Å². The van der Waals surface area contributed by atoms with Gasteiger partial charge in [0, 0.05) is 19.2 Å². The molecule has 0 radical (unpaired) electrons. The second-order valence-electron chi connectivity index (χ2n) is 11.4. The van der Waals surface area contributed by atoms with Crippen LogP contribution in [-0.2, 0) is 27.9 Å². The van der Waals surface area contributed by atoms with Crippen molar-refractivity contribution in [1.29, 1.82) is 0 Å². The number of aliphatic hydroxyl groups excluding tert-OH is 1. The Bertz CT molecular complexity index is 1500. The van der Waals surface area contributed by atoms with E-state index in [1.807, 2.05) is 62.4 Å². The van der Waals surface area contributed by atoms with Crippen LogP contribution in [0.5, 0.6) is 5.75 Å². The fourth-order valence-corrected chi connectivity index (χ4v) is 6.05. The Kier molecular flexibility index (Phi) is 13.2. The number of amides is 2. The van der Waals surface area contributed by atoms with E-state index in [0.29, 0.717) is 24.3 Å². The number of carbonyl (C=O) groups excluding carboxylic acids is 2. The highest BCUT2D eigenvalue weighted by atomic mass is 32.2. The Hall–Kier alpha value is -4.09. The van der Waals surface area contributed by atoms with Gasteiger partial charge in [-0.1, -0.05) is 69.3 Å². The Balaban J connectivity index is 1.81. The maximum absolute atomic E-state index is 13.4. The van der Waals surface area contributed by atoms with Crippen molar-refractivity contribution in [3.8, 4) is 5.75 Å². The standard InChI is InChI=1S/C34H45N3O7S/c1-6-18-45(41,42)36(4)29-16-11-15-28(21-29)33(39)35-31(19-25(2)3)32(38)23-37(22-27-14-10-17-30(20-27)43-5)34(40)44-24-26-12-8-7-9-13-26/h7-17,20-21,25,31-32,38H,6,18-19,22-24H2,1-5H3,(H,35,39)/t31-,32+/m0/s1. The average Bonchev–Trinajstić information content (AvgIpc) is 3.02. The molecular formula is C34H45N3O7S. The average molecular weight is 640 g/mol. The first kappa shape index (κ1) is 35.4. The maximum atomic E-state index is 13.4. The van der Waals surface area contributed by atoms with E-state index >= 15 is 0 Å². The summed E-state index contributed by atoms with van der Waals surface area (Å²) >= 11 is 0. The van der Waals surface area contributed by atoms with E-state index in [1.54, 1.807) is 38.3 Å². The van der Waals surface area contributed by atoms with Gasteiger partial charge in [-0.2, -0.15) is 0 Å². The van der Waals surface area contributed by atoms with E-state index in [1.165, 1.54) is 22.3 Å². The zero-order valence-electron chi connectivity index (χ0n) is 26.7. The number of carbonyl (C=O) groups is 2. The SMILES string of the molecule is CCCS(=O)(=O)N(C)c1cccc(C(=O)N[C@@H](CC(C)C)[C@H](O)CN(Cc2cccc(OC)c2)C(=O)OCc2ccccc2)c1. The summed E-state index contributed by atoms with van der Waals surface area (Å²) in [5, 5.41) is 14.4. The molecule has 0 aliphatic rings. The van der Waals surface area contributed by atoms with Crippen LogP contribution in [0.15, 0.2) is 78.9 Å². The molecule has 3 aromatic rings. The van der Waals surface area contributed by atoms with Crippen LogP contribution in [0.3, 0.4) is 0 Å². The first-order valence-electron chi connectivity index (χ1n) is 15.1. The smallest absolute Gasteiger partial charge is 0.410 e. The van der Waals surface area contributed by atoms with E-state index in [2.05, 4.69) is 5.32 Å². The van der Waals surface area contributed by atoms with Gasteiger partial charge in [0.2, 0.25) is 10.0 Å². The molecule has 3 rings (SSSR count). The number of sulfonamides is 1. The molecule has 0 saturated heterocycles. The molecule has 0 aliphatic carbocycles. The summed E-state index contributed by atoms with van der Waals surface area (Å²) in [6.07, 6.45) is -0.846. The van der Waals surface area contributed by atoms with Crippen molar-refractivity contribution in [3.05, 3.63) is 95.6 Å². The zero-order chi connectivity index (χ0) is 33.0. The van der Waals surface area contributed by atoms with Crippen molar-refractivity contribution in [1.82, 2.24) is 10.2 Å². The number of methoxy groups -OCH3 is 1. The van der Waals surface area contributed by atoms with Gasteiger partial charge >= 0.3 is 6.09 Å². The quantitative estimate of drug-likeness (QED) is 0.220. The molecule has 11 heteroatoms. The molecule has 0 unspecified atom stereocenters. The molecule has 0 heterocycles. The van der Waals surface area contributed by atoms with Crippen molar-refractivity contribution in [2.24, 2.45) is 5.92 Å². The Morgan fingerprint density at radius 1 is 0.956 bits per heavy atom. The monoisotopic (exact) mass is 639 g/mol. The zero-order valence-corrected chi connectivity index (χ0v) is 27.5. The number of anilines is 1. The fourth-order valence-electron chi connectivity index (χ4n) is 4.83. The number of aliphatic hydroxyl groups is 1. The molecule has 45 heavy (non-hydrogen) atoms. The van der Waals surface area contributed by atoms with Crippen LogP contribution in [0, 0.1) is 5.92 Å². The molecule has 10 nitrogen and oxygen atoms in total. The van der Waals surface area contributed by atoms with Crippen LogP contribution in [0.1, 0.15) is 55.1 Å². The molecule has 2 N–H and O–H groups in total. The van der Waals surface area contributed by atoms with Crippen molar-refractivity contribution in [2.75, 3.05) is 30.8 Å². The Morgan fingerprint density at radius 2 is 1.64 bits per heavy atom. The molecule has 0 aliphatic heterocycles. The summed E-state index contributed by atoms with van der Waals surface area (Å²) in [6, 6.07) is 22.2. The molecule has 0 bridgehead atoms. The molecule has 0 saturated carbocycles. The molecule has 2 amide bonds. The highest BCUT2D eigenvalue weighted by Crippen LogP contribution is 2.21. The summed E-state index contributed by atoms with van der Waals surface area (Å²) < 4.78 is 37.3. The summed E-state index contributed by atoms with van der Waals surface area (Å²) in [7, 11) is -0.508. The molecule has 0 aromatic heterocycles. The predicted molar refractivity (Wildman–Crippen MR) is 176 cm³/mol. The van der Waals surface area contributed by atoms with Crippen LogP contribution in [0.4, 0.5) is 10.5 Å². The summed E-state index contributed by atoms with van der Waals surface area (Å²) in [4.78, 5) is 28.2. The van der Waals surface area contributed by atoms with E-state index in [-0.39, 0.29) is 36.9 Å². The maximum Gasteiger partial charge on any atom is 0.410 e. The normalized spacial score (nSPS) is 12.7. The van der Waals surface area contributed by atoms with Gasteiger partial charge in [0.15, 0.2) is 0 Å².